The van der Waals surface area contributed by atoms with Crippen LogP contribution in [0, 0.1) is 0 Å². The quantitative estimate of drug-likeness (QED) is 0.739. The van der Waals surface area contributed by atoms with E-state index in [1.807, 2.05) is 0 Å². The van der Waals surface area contributed by atoms with E-state index in [2.05, 4.69) is 5.32 Å². The lowest BCUT2D eigenvalue weighted by Gasteiger charge is -2.34. The standard InChI is InChI=1S/C11H20N2O4/c1-11(2,3)17-9(14)12-8-6-4-5-7-13(8)10(15)16/h8H,4-7H2,1-3H3,(H,12,14)(H,15,16). The van der Waals surface area contributed by atoms with Crippen molar-refractivity contribution in [3.63, 3.8) is 0 Å². The van der Waals surface area contributed by atoms with Gasteiger partial charge in [0.1, 0.15) is 11.8 Å². The Labute approximate surface area is 101 Å². The number of carbonyl (C=O) groups excluding carboxylic acids is 1. The fourth-order valence-corrected chi connectivity index (χ4v) is 1.75. The molecule has 6 heteroatoms. The predicted octanol–water partition coefficient (Wildman–Crippen LogP) is 2.00. The van der Waals surface area contributed by atoms with E-state index in [0.29, 0.717) is 13.0 Å². The van der Waals surface area contributed by atoms with Crippen LogP contribution in [0.5, 0.6) is 0 Å². The number of piperidine rings is 1. The normalized spacial score (nSPS) is 20.9. The first-order chi connectivity index (χ1) is 7.79. The topological polar surface area (TPSA) is 78.9 Å². The highest BCUT2D eigenvalue weighted by Crippen LogP contribution is 2.16. The van der Waals surface area contributed by atoms with Gasteiger partial charge >= 0.3 is 12.2 Å². The SMILES string of the molecule is CC(C)(C)OC(=O)NC1CCCCN1C(=O)O. The van der Waals surface area contributed by atoms with Gasteiger partial charge < -0.3 is 15.2 Å². The molecule has 0 radical (unpaired) electrons. The summed E-state index contributed by atoms with van der Waals surface area (Å²) in [6, 6.07) is 0. The molecule has 0 aliphatic carbocycles. The second kappa shape index (κ2) is 5.25. The van der Waals surface area contributed by atoms with Gasteiger partial charge in [-0.15, -0.1) is 0 Å². The van der Waals surface area contributed by atoms with Crippen molar-refractivity contribution in [2.75, 3.05) is 6.54 Å². The number of carboxylic acid groups (broad SMARTS) is 1. The molecule has 1 heterocycles. The van der Waals surface area contributed by atoms with E-state index >= 15 is 0 Å². The molecular weight excluding hydrogens is 224 g/mol. The Morgan fingerprint density at radius 1 is 1.35 bits per heavy atom. The van der Waals surface area contributed by atoms with Crippen LogP contribution in [0.15, 0.2) is 0 Å². The summed E-state index contributed by atoms with van der Waals surface area (Å²) in [4.78, 5) is 23.8. The molecule has 0 spiro atoms. The highest BCUT2D eigenvalue weighted by molar-refractivity contribution is 5.70. The number of alkyl carbamates (subject to hydrolysis) is 1. The third-order valence-electron chi connectivity index (χ3n) is 2.43. The van der Waals surface area contributed by atoms with Gasteiger partial charge in [-0.05, 0) is 40.0 Å². The average molecular weight is 244 g/mol. The van der Waals surface area contributed by atoms with Crippen molar-refractivity contribution in [3.8, 4) is 0 Å². The highest BCUT2D eigenvalue weighted by Gasteiger charge is 2.29. The number of amides is 2. The molecule has 17 heavy (non-hydrogen) atoms. The second-order valence-electron chi connectivity index (χ2n) is 5.13. The van der Waals surface area contributed by atoms with Crippen LogP contribution in [0.1, 0.15) is 40.0 Å². The number of carbonyl (C=O) groups is 2. The summed E-state index contributed by atoms with van der Waals surface area (Å²) in [7, 11) is 0. The van der Waals surface area contributed by atoms with Crippen LogP contribution < -0.4 is 5.32 Å². The summed E-state index contributed by atoms with van der Waals surface area (Å²) in [6.45, 7) is 5.75. The first kappa shape index (κ1) is 13.6. The van der Waals surface area contributed by atoms with Crippen LogP contribution in [-0.2, 0) is 4.74 Å². The Bertz CT molecular complexity index is 298. The lowest BCUT2D eigenvalue weighted by Crippen LogP contribution is -2.53. The average Bonchev–Trinajstić information content (AvgIpc) is 2.14. The molecule has 1 fully saturated rings. The molecule has 1 atom stereocenters. The number of nitrogens with one attached hydrogen (secondary N) is 1. The monoisotopic (exact) mass is 244 g/mol. The largest absolute Gasteiger partial charge is 0.465 e. The third kappa shape index (κ3) is 4.50. The number of ether oxygens (including phenoxy) is 1. The van der Waals surface area contributed by atoms with E-state index in [9.17, 15) is 9.59 Å². The minimum atomic E-state index is -1.01. The van der Waals surface area contributed by atoms with Crippen molar-refractivity contribution in [2.24, 2.45) is 0 Å². The Morgan fingerprint density at radius 2 is 2.00 bits per heavy atom. The Kier molecular flexibility index (Phi) is 4.20. The molecule has 1 saturated heterocycles. The second-order valence-corrected chi connectivity index (χ2v) is 5.13. The summed E-state index contributed by atoms with van der Waals surface area (Å²) >= 11 is 0. The van der Waals surface area contributed by atoms with E-state index in [1.54, 1.807) is 20.8 Å². The van der Waals surface area contributed by atoms with Gasteiger partial charge in [0, 0.05) is 6.54 Å². The van der Waals surface area contributed by atoms with Crippen LogP contribution in [0.4, 0.5) is 9.59 Å². The van der Waals surface area contributed by atoms with Gasteiger partial charge in [-0.2, -0.15) is 0 Å². The lowest BCUT2D eigenvalue weighted by molar-refractivity contribution is 0.0378. The number of hydrogen-bond acceptors (Lipinski definition) is 3. The van der Waals surface area contributed by atoms with Crippen LogP contribution in [0.25, 0.3) is 0 Å². The zero-order valence-electron chi connectivity index (χ0n) is 10.5. The van der Waals surface area contributed by atoms with Crippen molar-refractivity contribution in [3.05, 3.63) is 0 Å². The summed E-state index contributed by atoms with van der Waals surface area (Å²) in [6.07, 6.45) is 0.312. The molecule has 0 aromatic rings. The zero-order chi connectivity index (χ0) is 13.1. The van der Waals surface area contributed by atoms with Gasteiger partial charge in [0.2, 0.25) is 0 Å². The van der Waals surface area contributed by atoms with Gasteiger partial charge in [0.15, 0.2) is 0 Å². The van der Waals surface area contributed by atoms with Gasteiger partial charge in [0.25, 0.3) is 0 Å². The summed E-state index contributed by atoms with van der Waals surface area (Å²) < 4.78 is 5.10. The predicted molar refractivity (Wildman–Crippen MR) is 61.7 cm³/mol. The van der Waals surface area contributed by atoms with Crippen molar-refractivity contribution < 1.29 is 19.4 Å². The maximum atomic E-state index is 11.5. The van der Waals surface area contributed by atoms with Crippen LogP contribution >= 0.6 is 0 Å². The minimum Gasteiger partial charge on any atom is -0.465 e. The first-order valence-electron chi connectivity index (χ1n) is 5.79. The summed E-state index contributed by atoms with van der Waals surface area (Å²) in [5.74, 6) is 0. The Morgan fingerprint density at radius 3 is 2.53 bits per heavy atom. The molecule has 2 amide bonds. The molecule has 1 aliphatic rings. The van der Waals surface area contributed by atoms with Crippen LogP contribution in [-0.4, -0.2) is 40.5 Å². The highest BCUT2D eigenvalue weighted by atomic mass is 16.6. The molecule has 0 saturated carbocycles. The number of nitrogens with zero attached hydrogens (tertiary/aromatic N) is 1. The molecule has 1 rings (SSSR count). The van der Waals surface area contributed by atoms with Gasteiger partial charge in [-0.1, -0.05) is 0 Å². The molecule has 98 valence electrons. The summed E-state index contributed by atoms with van der Waals surface area (Å²) in [5.41, 5.74) is -0.577. The lowest BCUT2D eigenvalue weighted by atomic mass is 10.1. The van der Waals surface area contributed by atoms with E-state index in [0.717, 1.165) is 12.8 Å². The molecule has 1 unspecified atom stereocenters. The van der Waals surface area contributed by atoms with Crippen molar-refractivity contribution >= 4 is 12.2 Å². The van der Waals surface area contributed by atoms with Crippen molar-refractivity contribution in [2.45, 2.75) is 51.8 Å². The molecular formula is C11H20N2O4. The van der Waals surface area contributed by atoms with Gasteiger partial charge in [-0.25, -0.2) is 9.59 Å². The van der Waals surface area contributed by atoms with Crippen molar-refractivity contribution in [1.29, 1.82) is 0 Å². The molecule has 0 bridgehead atoms. The van der Waals surface area contributed by atoms with E-state index in [4.69, 9.17) is 9.84 Å². The number of likely N-dealkylation sites (tertiary alicyclic amines) is 1. The first-order valence-corrected chi connectivity index (χ1v) is 5.79. The van der Waals surface area contributed by atoms with E-state index in [1.165, 1.54) is 4.90 Å². The van der Waals surface area contributed by atoms with Crippen molar-refractivity contribution in [1.82, 2.24) is 10.2 Å². The maximum absolute atomic E-state index is 11.5. The molecule has 6 nitrogen and oxygen atoms in total. The number of hydrogen-bond donors (Lipinski definition) is 2. The molecule has 1 aliphatic heterocycles. The smallest absolute Gasteiger partial charge is 0.409 e. The molecule has 2 N–H and O–H groups in total. The molecule has 0 aromatic carbocycles. The van der Waals surface area contributed by atoms with Crippen LogP contribution in [0.2, 0.25) is 0 Å². The fourth-order valence-electron chi connectivity index (χ4n) is 1.75. The maximum Gasteiger partial charge on any atom is 0.409 e. The van der Waals surface area contributed by atoms with Gasteiger partial charge in [-0.3, -0.25) is 4.90 Å². The summed E-state index contributed by atoms with van der Waals surface area (Å²) in [5, 5.41) is 11.6. The van der Waals surface area contributed by atoms with E-state index < -0.39 is 24.0 Å². The third-order valence-corrected chi connectivity index (χ3v) is 2.43. The minimum absolute atomic E-state index is 0.454. The Balaban J connectivity index is 2.53. The zero-order valence-corrected chi connectivity index (χ0v) is 10.5. The van der Waals surface area contributed by atoms with Crippen LogP contribution in [0.3, 0.4) is 0 Å². The molecule has 0 aromatic heterocycles. The number of rotatable bonds is 1. The van der Waals surface area contributed by atoms with Gasteiger partial charge in [0.05, 0.1) is 0 Å². The fraction of sp³-hybridized carbons (Fsp3) is 0.818. The Hall–Kier alpha value is -1.46. The van der Waals surface area contributed by atoms with E-state index in [-0.39, 0.29) is 0 Å².